The lowest BCUT2D eigenvalue weighted by Gasteiger charge is -2.10. The molecule has 0 spiro atoms. The van der Waals surface area contributed by atoms with Crippen molar-refractivity contribution in [3.8, 4) is 0 Å². The van der Waals surface area contributed by atoms with E-state index in [4.69, 9.17) is 4.84 Å². The molecule has 3 heteroatoms. The van der Waals surface area contributed by atoms with Crippen molar-refractivity contribution >= 4 is 0 Å². The highest BCUT2D eigenvalue weighted by molar-refractivity contribution is 5.07. The third kappa shape index (κ3) is 1.47. The maximum atomic E-state index is 5.52. The number of pyridine rings is 1. The Hall–Kier alpha value is -0.930. The summed E-state index contributed by atoms with van der Waals surface area (Å²) in [4.78, 5) is 9.76. The zero-order chi connectivity index (χ0) is 8.39. The van der Waals surface area contributed by atoms with E-state index in [2.05, 4.69) is 4.98 Å². The molecule has 1 fully saturated rings. The summed E-state index contributed by atoms with van der Waals surface area (Å²) in [7, 11) is 1.95. The Bertz CT molecular complexity index is 250. The van der Waals surface area contributed by atoms with Crippen LogP contribution in [0.5, 0.6) is 0 Å². The van der Waals surface area contributed by atoms with E-state index < -0.39 is 0 Å². The van der Waals surface area contributed by atoms with Gasteiger partial charge in [0.25, 0.3) is 0 Å². The maximum absolute atomic E-state index is 5.52. The highest BCUT2D eigenvalue weighted by atomic mass is 16.7. The number of aromatic nitrogens is 1. The predicted octanol–water partition coefficient (Wildman–Crippen LogP) is 1.39. The smallest absolute Gasteiger partial charge is 0.122 e. The van der Waals surface area contributed by atoms with Gasteiger partial charge in [0.2, 0.25) is 0 Å². The van der Waals surface area contributed by atoms with Gasteiger partial charge < -0.3 is 0 Å². The molecule has 3 nitrogen and oxygen atoms in total. The SMILES string of the molecule is CN1CCC(c2ccccn2)O1. The first-order chi connectivity index (χ1) is 5.86. The van der Waals surface area contributed by atoms with Crippen LogP contribution in [0.3, 0.4) is 0 Å². The molecule has 0 aliphatic carbocycles. The quantitative estimate of drug-likeness (QED) is 0.627. The van der Waals surface area contributed by atoms with Crippen LogP contribution in [-0.4, -0.2) is 23.6 Å². The molecule has 0 aromatic carbocycles. The van der Waals surface area contributed by atoms with E-state index in [9.17, 15) is 0 Å². The van der Waals surface area contributed by atoms with Gasteiger partial charge in [0.1, 0.15) is 6.10 Å². The molecule has 2 rings (SSSR count). The summed E-state index contributed by atoms with van der Waals surface area (Å²) in [6, 6.07) is 5.91. The molecule has 1 aliphatic heterocycles. The first-order valence-corrected chi connectivity index (χ1v) is 4.15. The van der Waals surface area contributed by atoms with Gasteiger partial charge in [0.05, 0.1) is 5.69 Å². The number of nitrogens with zero attached hydrogens (tertiary/aromatic N) is 2. The van der Waals surface area contributed by atoms with E-state index in [-0.39, 0.29) is 6.10 Å². The Balaban J connectivity index is 2.11. The van der Waals surface area contributed by atoms with Gasteiger partial charge in [0.15, 0.2) is 0 Å². The fraction of sp³-hybridized carbons (Fsp3) is 0.444. The molecule has 1 unspecified atom stereocenters. The molecule has 0 bridgehead atoms. The average molecular weight is 164 g/mol. The van der Waals surface area contributed by atoms with E-state index >= 15 is 0 Å². The minimum atomic E-state index is 0.163. The largest absolute Gasteiger partial charge is 0.290 e. The monoisotopic (exact) mass is 164 g/mol. The van der Waals surface area contributed by atoms with Crippen LogP contribution in [-0.2, 0) is 4.84 Å². The third-order valence-corrected chi connectivity index (χ3v) is 2.03. The topological polar surface area (TPSA) is 25.4 Å². The Labute approximate surface area is 71.9 Å². The van der Waals surface area contributed by atoms with Gasteiger partial charge in [-0.05, 0) is 18.6 Å². The molecule has 1 saturated heterocycles. The summed E-state index contributed by atoms with van der Waals surface area (Å²) >= 11 is 0. The molecular weight excluding hydrogens is 152 g/mol. The normalized spacial score (nSPS) is 24.6. The van der Waals surface area contributed by atoms with Crippen LogP contribution in [0.15, 0.2) is 24.4 Å². The molecule has 12 heavy (non-hydrogen) atoms. The van der Waals surface area contributed by atoms with E-state index in [1.165, 1.54) is 0 Å². The van der Waals surface area contributed by atoms with Crippen molar-refractivity contribution in [2.45, 2.75) is 12.5 Å². The lowest BCUT2D eigenvalue weighted by Crippen LogP contribution is -2.10. The summed E-state index contributed by atoms with van der Waals surface area (Å²) in [5, 5.41) is 1.86. The highest BCUT2D eigenvalue weighted by Crippen LogP contribution is 2.25. The molecular formula is C9H12N2O. The van der Waals surface area contributed by atoms with Crippen molar-refractivity contribution < 1.29 is 4.84 Å². The molecule has 1 aromatic heterocycles. The van der Waals surface area contributed by atoms with Crippen molar-refractivity contribution in [1.29, 1.82) is 0 Å². The Morgan fingerprint density at radius 3 is 3.08 bits per heavy atom. The molecule has 64 valence electrons. The van der Waals surface area contributed by atoms with Crippen LogP contribution in [0.4, 0.5) is 0 Å². The van der Waals surface area contributed by atoms with Gasteiger partial charge >= 0.3 is 0 Å². The Morgan fingerprint density at radius 2 is 2.50 bits per heavy atom. The molecule has 0 radical (unpaired) electrons. The van der Waals surface area contributed by atoms with Gasteiger partial charge in [0, 0.05) is 19.8 Å². The van der Waals surface area contributed by atoms with Crippen LogP contribution < -0.4 is 0 Å². The van der Waals surface area contributed by atoms with Crippen LogP contribution in [0, 0.1) is 0 Å². The molecule has 1 aliphatic rings. The maximum Gasteiger partial charge on any atom is 0.122 e. The lowest BCUT2D eigenvalue weighted by atomic mass is 10.2. The first-order valence-electron chi connectivity index (χ1n) is 4.15. The van der Waals surface area contributed by atoms with Crippen LogP contribution in [0.1, 0.15) is 18.2 Å². The summed E-state index contributed by atoms with van der Waals surface area (Å²) in [5.41, 5.74) is 1.03. The number of hydrogen-bond donors (Lipinski definition) is 0. The minimum Gasteiger partial charge on any atom is -0.290 e. The standard InChI is InChI=1S/C9H12N2O/c1-11-7-5-9(12-11)8-4-2-3-6-10-8/h2-4,6,9H,5,7H2,1H3. The average Bonchev–Trinajstić information content (AvgIpc) is 2.54. The lowest BCUT2D eigenvalue weighted by molar-refractivity contribution is -0.129. The summed E-state index contributed by atoms with van der Waals surface area (Å²) in [5.74, 6) is 0. The predicted molar refractivity (Wildman–Crippen MR) is 45.3 cm³/mol. The van der Waals surface area contributed by atoms with Crippen LogP contribution in [0.2, 0.25) is 0 Å². The van der Waals surface area contributed by atoms with Crippen molar-refractivity contribution in [2.75, 3.05) is 13.6 Å². The molecule has 0 saturated carbocycles. The second-order valence-corrected chi connectivity index (χ2v) is 2.99. The Morgan fingerprint density at radius 1 is 1.58 bits per heavy atom. The van der Waals surface area contributed by atoms with Crippen molar-refractivity contribution in [3.05, 3.63) is 30.1 Å². The summed E-state index contributed by atoms with van der Waals surface area (Å²) in [6.45, 7) is 0.987. The van der Waals surface area contributed by atoms with Gasteiger partial charge in [-0.1, -0.05) is 6.07 Å². The second kappa shape index (κ2) is 3.21. The minimum absolute atomic E-state index is 0.163. The molecule has 2 heterocycles. The van der Waals surface area contributed by atoms with E-state index in [1.54, 1.807) is 6.20 Å². The number of rotatable bonds is 1. The van der Waals surface area contributed by atoms with Crippen molar-refractivity contribution in [3.63, 3.8) is 0 Å². The van der Waals surface area contributed by atoms with Gasteiger partial charge in [-0.2, -0.15) is 5.06 Å². The highest BCUT2D eigenvalue weighted by Gasteiger charge is 2.22. The van der Waals surface area contributed by atoms with E-state index in [1.807, 2.05) is 30.3 Å². The summed E-state index contributed by atoms with van der Waals surface area (Å²) < 4.78 is 0. The second-order valence-electron chi connectivity index (χ2n) is 2.99. The molecule has 1 aromatic rings. The fourth-order valence-corrected chi connectivity index (χ4v) is 1.39. The van der Waals surface area contributed by atoms with Crippen molar-refractivity contribution in [1.82, 2.24) is 10.0 Å². The first kappa shape index (κ1) is 7.71. The van der Waals surface area contributed by atoms with E-state index in [0.29, 0.717) is 0 Å². The molecule has 1 atom stereocenters. The van der Waals surface area contributed by atoms with Gasteiger partial charge in [-0.3, -0.25) is 9.82 Å². The molecule has 0 N–H and O–H groups in total. The van der Waals surface area contributed by atoms with Crippen molar-refractivity contribution in [2.24, 2.45) is 0 Å². The van der Waals surface area contributed by atoms with E-state index in [0.717, 1.165) is 18.7 Å². The zero-order valence-electron chi connectivity index (χ0n) is 7.10. The number of hydroxylamine groups is 2. The van der Waals surface area contributed by atoms with Gasteiger partial charge in [-0.15, -0.1) is 0 Å². The number of hydrogen-bond acceptors (Lipinski definition) is 3. The van der Waals surface area contributed by atoms with Crippen LogP contribution >= 0.6 is 0 Å². The fourth-order valence-electron chi connectivity index (χ4n) is 1.39. The molecule has 0 amide bonds. The third-order valence-electron chi connectivity index (χ3n) is 2.03. The van der Waals surface area contributed by atoms with Crippen LogP contribution in [0.25, 0.3) is 0 Å². The zero-order valence-corrected chi connectivity index (χ0v) is 7.10. The Kier molecular flexibility index (Phi) is 2.06. The summed E-state index contributed by atoms with van der Waals surface area (Å²) in [6.07, 6.45) is 3.00. The van der Waals surface area contributed by atoms with Gasteiger partial charge in [-0.25, -0.2) is 0 Å².